The Labute approximate surface area is 106 Å². The molecule has 1 unspecified atom stereocenters. The number of anilines is 1. The standard InChI is InChI=1S/C11H20N4O3/c1-7(2)14-11(12-8(3)5-6-16)10(15(17)18)9(4)13-14/h7-8,12,16H,5-6H2,1-4H3. The molecular weight excluding hydrogens is 236 g/mol. The summed E-state index contributed by atoms with van der Waals surface area (Å²) < 4.78 is 1.61. The second kappa shape index (κ2) is 5.81. The summed E-state index contributed by atoms with van der Waals surface area (Å²) in [6.45, 7) is 7.36. The summed E-state index contributed by atoms with van der Waals surface area (Å²) in [6, 6.07) is -0.0245. The highest BCUT2D eigenvalue weighted by Crippen LogP contribution is 2.31. The van der Waals surface area contributed by atoms with Crippen LogP contribution in [0.15, 0.2) is 0 Å². The van der Waals surface area contributed by atoms with Gasteiger partial charge in [-0.2, -0.15) is 5.10 Å². The number of nitrogens with zero attached hydrogens (tertiary/aromatic N) is 3. The molecular formula is C11H20N4O3. The minimum Gasteiger partial charge on any atom is -0.396 e. The lowest BCUT2D eigenvalue weighted by atomic mass is 10.2. The van der Waals surface area contributed by atoms with Crippen molar-refractivity contribution in [3.63, 3.8) is 0 Å². The molecule has 0 fully saturated rings. The fraction of sp³-hybridized carbons (Fsp3) is 0.727. The van der Waals surface area contributed by atoms with E-state index in [1.165, 1.54) is 0 Å². The van der Waals surface area contributed by atoms with Crippen LogP contribution < -0.4 is 5.32 Å². The van der Waals surface area contributed by atoms with Crippen LogP contribution in [-0.4, -0.2) is 32.5 Å². The Balaban J connectivity index is 3.15. The lowest BCUT2D eigenvalue weighted by Crippen LogP contribution is -2.20. The SMILES string of the molecule is Cc1nn(C(C)C)c(NC(C)CCO)c1[N+](=O)[O-]. The largest absolute Gasteiger partial charge is 0.396 e. The Bertz CT molecular complexity index is 428. The van der Waals surface area contributed by atoms with E-state index in [1.54, 1.807) is 11.6 Å². The first-order valence-electron chi connectivity index (χ1n) is 5.99. The van der Waals surface area contributed by atoms with Gasteiger partial charge in [0.05, 0.1) is 4.92 Å². The smallest absolute Gasteiger partial charge is 0.333 e. The van der Waals surface area contributed by atoms with E-state index in [9.17, 15) is 10.1 Å². The van der Waals surface area contributed by atoms with Gasteiger partial charge in [-0.1, -0.05) is 0 Å². The van der Waals surface area contributed by atoms with Crippen molar-refractivity contribution >= 4 is 11.5 Å². The fourth-order valence-electron chi connectivity index (χ4n) is 1.76. The third-order valence-electron chi connectivity index (χ3n) is 2.67. The van der Waals surface area contributed by atoms with Crippen LogP contribution in [0.2, 0.25) is 0 Å². The van der Waals surface area contributed by atoms with Gasteiger partial charge in [-0.3, -0.25) is 10.1 Å². The summed E-state index contributed by atoms with van der Waals surface area (Å²) in [4.78, 5) is 10.7. The van der Waals surface area contributed by atoms with Gasteiger partial charge in [0.2, 0.25) is 5.82 Å². The molecule has 102 valence electrons. The summed E-state index contributed by atoms with van der Waals surface area (Å²) >= 11 is 0. The molecule has 0 amide bonds. The number of hydrogen-bond donors (Lipinski definition) is 2. The molecule has 1 rings (SSSR count). The van der Waals surface area contributed by atoms with Gasteiger partial charge >= 0.3 is 5.69 Å². The average molecular weight is 256 g/mol. The fourth-order valence-corrected chi connectivity index (χ4v) is 1.76. The molecule has 0 saturated heterocycles. The van der Waals surface area contributed by atoms with E-state index in [4.69, 9.17) is 5.11 Å². The second-order valence-corrected chi connectivity index (χ2v) is 4.64. The van der Waals surface area contributed by atoms with Crippen LogP contribution in [0.4, 0.5) is 11.5 Å². The average Bonchev–Trinajstić information content (AvgIpc) is 2.55. The zero-order valence-corrected chi connectivity index (χ0v) is 11.2. The molecule has 0 aromatic carbocycles. The van der Waals surface area contributed by atoms with Gasteiger partial charge in [-0.05, 0) is 34.1 Å². The van der Waals surface area contributed by atoms with Crippen LogP contribution in [0, 0.1) is 17.0 Å². The molecule has 1 heterocycles. The maximum absolute atomic E-state index is 11.1. The normalized spacial score (nSPS) is 12.8. The van der Waals surface area contributed by atoms with Crippen molar-refractivity contribution in [1.29, 1.82) is 0 Å². The van der Waals surface area contributed by atoms with Crippen LogP contribution in [0.25, 0.3) is 0 Å². The van der Waals surface area contributed by atoms with E-state index < -0.39 is 4.92 Å². The zero-order chi connectivity index (χ0) is 13.9. The minimum absolute atomic E-state index is 0.00786. The Morgan fingerprint density at radius 3 is 2.56 bits per heavy atom. The highest BCUT2D eigenvalue weighted by molar-refractivity contribution is 5.60. The maximum Gasteiger partial charge on any atom is 0.333 e. The topological polar surface area (TPSA) is 93.2 Å². The third-order valence-corrected chi connectivity index (χ3v) is 2.67. The molecule has 18 heavy (non-hydrogen) atoms. The first-order chi connectivity index (χ1) is 8.38. The van der Waals surface area contributed by atoms with E-state index in [-0.39, 0.29) is 24.4 Å². The highest BCUT2D eigenvalue weighted by Gasteiger charge is 2.27. The van der Waals surface area contributed by atoms with Crippen molar-refractivity contribution in [2.75, 3.05) is 11.9 Å². The number of aryl methyl sites for hydroxylation is 1. The van der Waals surface area contributed by atoms with Gasteiger partial charge in [0.15, 0.2) is 0 Å². The molecule has 0 aliphatic heterocycles. The first kappa shape index (κ1) is 14.4. The second-order valence-electron chi connectivity index (χ2n) is 4.64. The lowest BCUT2D eigenvalue weighted by molar-refractivity contribution is -0.384. The molecule has 7 nitrogen and oxygen atoms in total. The molecule has 1 atom stereocenters. The van der Waals surface area contributed by atoms with Gasteiger partial charge < -0.3 is 10.4 Å². The Hall–Kier alpha value is -1.63. The summed E-state index contributed by atoms with van der Waals surface area (Å²) in [6.07, 6.45) is 0.527. The van der Waals surface area contributed by atoms with Crippen LogP contribution in [0.5, 0.6) is 0 Å². The van der Waals surface area contributed by atoms with Crippen molar-refractivity contribution in [2.24, 2.45) is 0 Å². The van der Waals surface area contributed by atoms with E-state index in [1.807, 2.05) is 20.8 Å². The lowest BCUT2D eigenvalue weighted by Gasteiger charge is -2.16. The monoisotopic (exact) mass is 256 g/mol. The summed E-state index contributed by atoms with van der Waals surface area (Å²) in [5, 5.41) is 27.2. The van der Waals surface area contributed by atoms with Crippen molar-refractivity contribution in [1.82, 2.24) is 9.78 Å². The number of rotatable bonds is 6. The van der Waals surface area contributed by atoms with E-state index in [0.717, 1.165) is 0 Å². The van der Waals surface area contributed by atoms with Gasteiger partial charge in [-0.25, -0.2) is 4.68 Å². The molecule has 2 N–H and O–H groups in total. The zero-order valence-electron chi connectivity index (χ0n) is 11.2. The van der Waals surface area contributed by atoms with Crippen LogP contribution in [-0.2, 0) is 0 Å². The predicted molar refractivity (Wildman–Crippen MR) is 68.8 cm³/mol. The number of aliphatic hydroxyl groups is 1. The van der Waals surface area contributed by atoms with Crippen molar-refractivity contribution in [2.45, 2.75) is 46.2 Å². The molecule has 0 aliphatic rings. The predicted octanol–water partition coefficient (Wildman–Crippen LogP) is 1.86. The van der Waals surface area contributed by atoms with Gasteiger partial charge in [0.1, 0.15) is 5.69 Å². The van der Waals surface area contributed by atoms with Crippen molar-refractivity contribution in [3.05, 3.63) is 15.8 Å². The number of aromatic nitrogens is 2. The minimum atomic E-state index is -0.421. The van der Waals surface area contributed by atoms with Crippen LogP contribution >= 0.6 is 0 Å². The maximum atomic E-state index is 11.1. The summed E-state index contributed by atoms with van der Waals surface area (Å²) in [5.41, 5.74) is 0.404. The van der Waals surface area contributed by atoms with Gasteiger partial charge in [-0.15, -0.1) is 0 Å². The number of aliphatic hydroxyl groups excluding tert-OH is 1. The molecule has 7 heteroatoms. The molecule has 1 aromatic heterocycles. The Kier molecular flexibility index (Phi) is 4.66. The third kappa shape index (κ3) is 2.98. The summed E-state index contributed by atoms with van der Waals surface area (Å²) in [7, 11) is 0. The number of nitro groups is 1. The van der Waals surface area contributed by atoms with Crippen molar-refractivity contribution in [3.8, 4) is 0 Å². The number of hydrogen-bond acceptors (Lipinski definition) is 5. The molecule has 0 bridgehead atoms. The van der Waals surface area contributed by atoms with Gasteiger partial charge in [0.25, 0.3) is 0 Å². The highest BCUT2D eigenvalue weighted by atomic mass is 16.6. The van der Waals surface area contributed by atoms with Crippen LogP contribution in [0.1, 0.15) is 38.9 Å². The van der Waals surface area contributed by atoms with E-state index in [2.05, 4.69) is 10.4 Å². The summed E-state index contributed by atoms with van der Waals surface area (Å²) in [5.74, 6) is 0.411. The number of nitrogens with one attached hydrogen (secondary N) is 1. The van der Waals surface area contributed by atoms with Crippen LogP contribution in [0.3, 0.4) is 0 Å². The molecule has 1 aromatic rings. The first-order valence-corrected chi connectivity index (χ1v) is 5.99. The van der Waals surface area contributed by atoms with Gasteiger partial charge in [0, 0.05) is 18.7 Å². The quantitative estimate of drug-likeness (QED) is 0.598. The molecule has 0 saturated carbocycles. The van der Waals surface area contributed by atoms with Crippen molar-refractivity contribution < 1.29 is 10.0 Å². The Morgan fingerprint density at radius 1 is 1.50 bits per heavy atom. The molecule has 0 aliphatic carbocycles. The molecule has 0 radical (unpaired) electrons. The van der Waals surface area contributed by atoms with E-state index >= 15 is 0 Å². The molecule has 0 spiro atoms. The Morgan fingerprint density at radius 2 is 2.11 bits per heavy atom. The van der Waals surface area contributed by atoms with E-state index in [0.29, 0.717) is 17.9 Å².